The summed E-state index contributed by atoms with van der Waals surface area (Å²) in [5.74, 6) is -3.85. The van der Waals surface area contributed by atoms with E-state index in [9.17, 15) is 74.1 Å². The zero-order valence-corrected chi connectivity index (χ0v) is 65.8. The number of anilines is 2. The Bertz CT molecular complexity index is 4840. The molecule has 0 bridgehead atoms. The van der Waals surface area contributed by atoms with Crippen LogP contribution >= 0.6 is 0 Å². The van der Waals surface area contributed by atoms with Crippen molar-refractivity contribution < 1.29 is 87.5 Å². The molecule has 111 heavy (non-hydrogen) atoms. The monoisotopic (exact) mass is 1540 g/mol. The van der Waals surface area contributed by atoms with Gasteiger partial charge in [-0.3, -0.25) is 33.7 Å². The average Bonchev–Trinajstić information content (AvgIpc) is 1.61. The summed E-state index contributed by atoms with van der Waals surface area (Å²) in [5, 5.41) is 78.6. The van der Waals surface area contributed by atoms with Crippen LogP contribution in [0.5, 0.6) is 11.5 Å². The number of ketones is 4. The van der Waals surface area contributed by atoms with E-state index in [-0.39, 0.29) is 147 Å². The van der Waals surface area contributed by atoms with E-state index in [0.717, 1.165) is 68.9 Å². The number of hydrogen-bond acceptors (Lipinski definition) is 20. The highest BCUT2D eigenvalue weighted by molar-refractivity contribution is 6.03. The number of methoxy groups -OCH3 is 2. The number of nitrogens with zero attached hydrogens (tertiary/aromatic N) is 5. The van der Waals surface area contributed by atoms with Crippen molar-refractivity contribution >= 4 is 68.3 Å². The number of aliphatic hydroxyl groups is 5. The van der Waals surface area contributed by atoms with Gasteiger partial charge >= 0.3 is 11.9 Å². The first kappa shape index (κ1) is 79.8. The first-order chi connectivity index (χ1) is 52.4. The number of carbonyl (C=O) groups excluding carboxylic acids is 4. The van der Waals surface area contributed by atoms with E-state index in [1.807, 2.05) is 58.8 Å². The molecule has 600 valence electrons. The smallest absolute Gasteiger partial charge is 0.341 e. The number of carbonyl (C=O) groups is 6. The van der Waals surface area contributed by atoms with Gasteiger partial charge < -0.3 is 74.2 Å². The topological polar surface area (TPSA) is 337 Å². The fourth-order valence-corrected chi connectivity index (χ4v) is 23.4. The van der Waals surface area contributed by atoms with Crippen LogP contribution in [0.4, 0.5) is 20.2 Å². The van der Waals surface area contributed by atoms with Gasteiger partial charge in [0.25, 0.3) is 0 Å². The Morgan fingerprint density at radius 2 is 1.04 bits per heavy atom. The number of benzene rings is 2. The van der Waals surface area contributed by atoms with Crippen molar-refractivity contribution in [3.63, 3.8) is 0 Å². The van der Waals surface area contributed by atoms with Crippen LogP contribution in [0.2, 0.25) is 0 Å². The Balaban J connectivity index is 0.000000155. The second-order valence-electron chi connectivity index (χ2n) is 35.1. The predicted molar refractivity (Wildman–Crippen MR) is 411 cm³/mol. The number of aliphatic hydroxyl groups excluding tert-OH is 3. The molecule has 12 aliphatic rings. The number of nitrogens with one attached hydrogen (secondary N) is 1. The van der Waals surface area contributed by atoms with Crippen molar-refractivity contribution in [3.8, 4) is 11.5 Å². The summed E-state index contributed by atoms with van der Waals surface area (Å²) in [6.07, 6.45) is 18.4. The molecule has 2 aromatic carbocycles. The number of aromatic carboxylic acids is 2. The van der Waals surface area contributed by atoms with Crippen molar-refractivity contribution in [2.24, 2.45) is 57.2 Å². The van der Waals surface area contributed by atoms with E-state index in [1.165, 1.54) is 21.1 Å². The lowest BCUT2D eigenvalue weighted by Gasteiger charge is -2.59. The molecule has 2 aromatic heterocycles. The molecule has 26 heteroatoms. The van der Waals surface area contributed by atoms with E-state index >= 15 is 8.78 Å². The third kappa shape index (κ3) is 12.4. The molecule has 16 atom stereocenters. The van der Waals surface area contributed by atoms with Gasteiger partial charge in [-0.15, -0.1) is 0 Å². The minimum Gasteiger partial charge on any atom is -0.492 e. The van der Waals surface area contributed by atoms with Crippen molar-refractivity contribution in [1.29, 1.82) is 0 Å². The Morgan fingerprint density at radius 1 is 0.604 bits per heavy atom. The number of ether oxygens (including phenoxy) is 3. The SMILES string of the molecule is COc1c(N2CCN(COCC(=O)[C@@]3(O)CC[C@H]4[C@@H]5CCC6=CC(=O)C=C[C@]6(C)C5[C@@H](O)C[C@@]43C)C(C)C2)c(F)c(C)c2c(=O)c(C(=O)O)c(C)n(C3CC3)c12.COc1c(N2CCNC(C)C2)c(F)c(C)c2c(=O)c(C(=O)O)c(C)n(C3CC3)c12.C[C@]12C=CC(=O)C=C1CC[C@@H]1[C@@H]2[C@@H](O)C[C@@]2(C)[C@H]1CC[C@]2(O)C(=O)CO. The molecule has 0 spiro atoms. The number of aryl methyl sites for hydroxylation is 2. The first-order valence-electron chi connectivity index (χ1n) is 39.7. The molecule has 10 fully saturated rings. The third-order valence-corrected chi connectivity index (χ3v) is 29.3. The fourth-order valence-electron chi connectivity index (χ4n) is 23.4. The largest absolute Gasteiger partial charge is 0.492 e. The van der Waals surface area contributed by atoms with Gasteiger partial charge in [0.15, 0.2) is 46.3 Å². The van der Waals surface area contributed by atoms with Crippen LogP contribution in [0, 0.1) is 96.5 Å². The standard InChI is InChI=1S/C43H54FN3O9.C21H26FN3O4.C21H28O5/c1-22-19-45(37-35(44)23(2)32-36(39(37)55-6)47(26-8-9-26)24(3)33(38(32)51)40(52)53)15-16-46(22)21-56-20-31(50)43(54)14-12-29-28-10-7-25-17-27(48)11-13-41(25,4)34(28)30(49)18-42(29,43)5;1-10-9-24(8-7-23-10)18-16(22)11(2)14-17(20(18)29-4)25(13-5-6-13)12(3)15(19(14)26)21(27)28;1-19-7-5-13(23)9-12(19)3-4-14-15-6-8-21(26,17(25)11-22)20(15,2)10-16(24)18(14)19/h11,13,17,22,26,28-30,34,49,54H,7-10,12,14-16,18-21H2,1-6H3,(H,52,53);10,13,23H,5-9H2,1-4H3,(H,27,28);5,7,9,14-16,18,22,24,26H,3-4,6,8,10-11H2,1-2H3/t22?,28-,29-,30-,34?,41-,42-,43-;;14-,15-,16-,18+,19-,20-,21-/m0.0/s1. The highest BCUT2D eigenvalue weighted by atomic mass is 19.1. The Kier molecular flexibility index (Phi) is 20.8. The number of pyridine rings is 2. The molecule has 2 aliphatic heterocycles. The second kappa shape index (κ2) is 28.9. The molecular weight excluding hydrogens is 1430 g/mol. The number of carboxylic acids is 2. The van der Waals surface area contributed by atoms with Gasteiger partial charge in [0.2, 0.25) is 10.9 Å². The Labute approximate surface area is 644 Å². The third-order valence-electron chi connectivity index (χ3n) is 29.3. The average molecular weight is 1540 g/mol. The summed E-state index contributed by atoms with van der Waals surface area (Å²) < 4.78 is 53.4. The maximum atomic E-state index is 16.4. The molecule has 2 saturated heterocycles. The van der Waals surface area contributed by atoms with Crippen LogP contribution in [-0.2, 0) is 23.9 Å². The maximum Gasteiger partial charge on any atom is 0.341 e. The molecule has 8 N–H and O–H groups in total. The molecule has 8 saturated carbocycles. The number of Topliss-reactive ketones (excluding diaryl/α,β-unsaturated/α-hetero) is 2. The zero-order valence-electron chi connectivity index (χ0n) is 65.8. The van der Waals surface area contributed by atoms with Crippen LogP contribution < -0.4 is 35.4 Å². The molecule has 0 amide bonds. The summed E-state index contributed by atoms with van der Waals surface area (Å²) in [5.41, 5.74) is -2.95. The molecule has 10 aliphatic carbocycles. The van der Waals surface area contributed by atoms with E-state index in [0.29, 0.717) is 98.8 Å². The molecule has 0 radical (unpaired) electrons. The molecule has 16 rings (SSSR count). The Morgan fingerprint density at radius 3 is 1.43 bits per heavy atom. The number of rotatable bonds is 15. The van der Waals surface area contributed by atoms with Crippen LogP contribution in [0.15, 0.2) is 57.2 Å². The second-order valence-corrected chi connectivity index (χ2v) is 35.1. The van der Waals surface area contributed by atoms with Gasteiger partial charge in [-0.05, 0) is 179 Å². The van der Waals surface area contributed by atoms with Gasteiger partial charge in [-0.2, -0.15) is 0 Å². The van der Waals surface area contributed by atoms with Gasteiger partial charge in [0.1, 0.15) is 46.9 Å². The van der Waals surface area contributed by atoms with Crippen LogP contribution in [0.25, 0.3) is 21.8 Å². The van der Waals surface area contributed by atoms with Gasteiger partial charge in [-0.25, -0.2) is 18.4 Å². The number of carboxylic acid groups (broad SMARTS) is 2. The summed E-state index contributed by atoms with van der Waals surface area (Å²) in [4.78, 5) is 107. The summed E-state index contributed by atoms with van der Waals surface area (Å²) in [6.45, 7) is 20.8. The highest BCUT2D eigenvalue weighted by Gasteiger charge is 2.70. The van der Waals surface area contributed by atoms with Crippen molar-refractivity contribution in [1.82, 2.24) is 19.4 Å². The lowest BCUT2D eigenvalue weighted by Crippen LogP contribution is -2.61. The number of allylic oxidation sites excluding steroid dienone is 8. The van der Waals surface area contributed by atoms with Crippen molar-refractivity contribution in [2.45, 2.75) is 207 Å². The normalized spacial score (nSPS) is 34.1. The predicted octanol–water partition coefficient (Wildman–Crippen LogP) is 9.02. The molecule has 4 aromatic rings. The van der Waals surface area contributed by atoms with Gasteiger partial charge in [0.05, 0.1) is 55.0 Å². The number of piperazine rings is 2. The molecular formula is C85H108F2N6O18. The number of aromatic nitrogens is 2. The van der Waals surface area contributed by atoms with Crippen LogP contribution in [0.3, 0.4) is 0 Å². The van der Waals surface area contributed by atoms with Crippen LogP contribution in [-0.4, -0.2) is 194 Å². The Hall–Kier alpha value is -7.82. The summed E-state index contributed by atoms with van der Waals surface area (Å²) in [6, 6.07) is 0.117. The minimum atomic E-state index is -1.64. The van der Waals surface area contributed by atoms with Gasteiger partial charge in [0, 0.05) is 119 Å². The van der Waals surface area contributed by atoms with Crippen molar-refractivity contribution in [3.05, 3.63) is 113 Å². The fraction of sp³-hybridized carbons (Fsp3) is 0.624. The number of halogens is 2. The van der Waals surface area contributed by atoms with E-state index in [2.05, 4.69) is 24.1 Å². The molecule has 24 nitrogen and oxygen atoms in total. The van der Waals surface area contributed by atoms with E-state index < -0.39 is 86.5 Å². The van der Waals surface area contributed by atoms with Crippen LogP contribution in [0.1, 0.15) is 187 Å². The van der Waals surface area contributed by atoms with Crippen molar-refractivity contribution in [2.75, 3.05) is 83.2 Å². The van der Waals surface area contributed by atoms with E-state index in [1.54, 1.807) is 45.1 Å². The maximum absolute atomic E-state index is 16.4. The quantitative estimate of drug-likeness (QED) is 0.0550. The van der Waals surface area contributed by atoms with Gasteiger partial charge in [-0.1, -0.05) is 51.0 Å². The lowest BCUT2D eigenvalue weighted by atomic mass is 9.46. The highest BCUT2D eigenvalue weighted by Crippen LogP contribution is 2.69. The number of fused-ring (bicyclic) bond motifs is 12. The lowest BCUT2D eigenvalue weighted by molar-refractivity contribution is -0.180. The first-order valence-corrected chi connectivity index (χ1v) is 39.7. The summed E-state index contributed by atoms with van der Waals surface area (Å²) in [7, 11) is 2.91. The molecule has 4 heterocycles. The molecule has 3 unspecified atom stereocenters. The minimum absolute atomic E-state index is 0.00912. The zero-order chi connectivity index (χ0) is 80.2. The number of hydrogen-bond donors (Lipinski definition) is 8. The van der Waals surface area contributed by atoms with E-state index in [4.69, 9.17) is 14.2 Å². The summed E-state index contributed by atoms with van der Waals surface area (Å²) >= 11 is 0.